The Morgan fingerprint density at radius 3 is 2.69 bits per heavy atom. The van der Waals surface area contributed by atoms with Crippen LogP contribution < -0.4 is 10.2 Å². The fraction of sp³-hybridized carbons (Fsp3) is 0.348. The van der Waals surface area contributed by atoms with Gasteiger partial charge in [0, 0.05) is 13.1 Å². The smallest absolute Gasteiger partial charge is 0.453 e. The number of fused-ring (bicyclic) bond motifs is 1. The Balaban J connectivity index is 1.88. The van der Waals surface area contributed by atoms with E-state index in [1.807, 2.05) is 4.90 Å². The molecule has 1 aromatic heterocycles. The average molecular weight is 468 g/mol. The van der Waals surface area contributed by atoms with Gasteiger partial charge in [0.15, 0.2) is 0 Å². The van der Waals surface area contributed by atoms with Gasteiger partial charge >= 0.3 is 6.18 Å². The number of benzene rings is 2. The Kier molecular flexibility index (Phi) is 6.09. The van der Waals surface area contributed by atoms with Crippen molar-refractivity contribution in [2.45, 2.75) is 32.5 Å². The first-order chi connectivity index (χ1) is 15.1. The summed E-state index contributed by atoms with van der Waals surface area (Å²) in [4.78, 5) is 15.1. The van der Waals surface area contributed by atoms with Crippen LogP contribution in [0.5, 0.6) is 17.2 Å². The summed E-state index contributed by atoms with van der Waals surface area (Å²) in [5, 5.41) is 10.3. The molecule has 1 saturated heterocycles. The molecule has 9 heteroatoms. The zero-order chi connectivity index (χ0) is 23.0. The van der Waals surface area contributed by atoms with Crippen molar-refractivity contribution < 1.29 is 27.4 Å². The van der Waals surface area contributed by atoms with E-state index in [2.05, 4.69) is 6.92 Å². The molecule has 1 N–H and O–H groups in total. The van der Waals surface area contributed by atoms with Crippen LogP contribution in [0.3, 0.4) is 0 Å². The number of phenolic OH excluding ortho intramolecular Hbond substituents is 1. The molecule has 1 fully saturated rings. The maximum atomic E-state index is 13.9. The van der Waals surface area contributed by atoms with Gasteiger partial charge in [0.1, 0.15) is 17.1 Å². The van der Waals surface area contributed by atoms with E-state index in [0.29, 0.717) is 5.92 Å². The van der Waals surface area contributed by atoms with Crippen LogP contribution in [0.25, 0.3) is 11.0 Å². The standard InChI is InChI=1S/C23H21ClF3NO4/c1-13-5-4-10-28(11-13)12-15-17(29)9-8-14-19(30)21(22(23(25,26)27)32-20(14)15)31-18-7-3-2-6-16(18)24/h2-3,6-9,13,29H,4-5,10-12H2,1H3/t13-/m1/s1. The predicted molar refractivity (Wildman–Crippen MR) is 114 cm³/mol. The van der Waals surface area contributed by atoms with E-state index in [0.717, 1.165) is 25.9 Å². The minimum Gasteiger partial charge on any atom is -0.507 e. The molecule has 5 nitrogen and oxygen atoms in total. The molecule has 2 aromatic carbocycles. The van der Waals surface area contributed by atoms with Gasteiger partial charge < -0.3 is 14.3 Å². The van der Waals surface area contributed by atoms with Crippen LogP contribution in [-0.4, -0.2) is 23.1 Å². The maximum absolute atomic E-state index is 13.9. The molecule has 0 unspecified atom stereocenters. The normalized spacial score (nSPS) is 17.6. The monoisotopic (exact) mass is 467 g/mol. The molecule has 2 heterocycles. The highest BCUT2D eigenvalue weighted by Crippen LogP contribution is 2.41. The van der Waals surface area contributed by atoms with E-state index in [9.17, 15) is 23.1 Å². The fourth-order valence-corrected chi connectivity index (χ4v) is 4.18. The summed E-state index contributed by atoms with van der Waals surface area (Å²) >= 11 is 6.00. The van der Waals surface area contributed by atoms with Gasteiger partial charge in [-0.25, -0.2) is 0 Å². The second-order valence-electron chi connectivity index (χ2n) is 8.04. The molecule has 0 radical (unpaired) electrons. The Morgan fingerprint density at radius 1 is 1.25 bits per heavy atom. The van der Waals surface area contributed by atoms with Gasteiger partial charge in [-0.05, 0) is 49.6 Å². The van der Waals surface area contributed by atoms with E-state index in [4.69, 9.17) is 20.8 Å². The molecule has 170 valence electrons. The van der Waals surface area contributed by atoms with Crippen LogP contribution >= 0.6 is 11.6 Å². The number of phenols is 1. The second kappa shape index (κ2) is 8.67. The average Bonchev–Trinajstić information content (AvgIpc) is 2.72. The molecule has 1 atom stereocenters. The Labute approximate surface area is 187 Å². The lowest BCUT2D eigenvalue weighted by Gasteiger charge is -2.31. The number of piperidine rings is 1. The van der Waals surface area contributed by atoms with Gasteiger partial charge in [-0.2, -0.15) is 13.2 Å². The Bertz CT molecular complexity index is 1210. The van der Waals surface area contributed by atoms with E-state index >= 15 is 0 Å². The topological polar surface area (TPSA) is 62.9 Å². The Hall–Kier alpha value is -2.71. The molecule has 0 aliphatic carbocycles. The number of nitrogens with zero attached hydrogens (tertiary/aromatic N) is 1. The predicted octanol–water partition coefficient (Wildman–Crippen LogP) is 6.20. The molecular formula is C23H21ClF3NO4. The van der Waals surface area contributed by atoms with Crippen molar-refractivity contribution in [1.82, 2.24) is 4.90 Å². The van der Waals surface area contributed by atoms with Crippen molar-refractivity contribution >= 4 is 22.6 Å². The van der Waals surface area contributed by atoms with Crippen molar-refractivity contribution in [3.05, 3.63) is 63.0 Å². The lowest BCUT2D eigenvalue weighted by molar-refractivity contribution is -0.154. The summed E-state index contributed by atoms with van der Waals surface area (Å²) < 4.78 is 52.2. The largest absolute Gasteiger partial charge is 0.507 e. The zero-order valence-electron chi connectivity index (χ0n) is 17.2. The SMILES string of the molecule is C[C@@H]1CCCN(Cc2c(O)ccc3c(=O)c(Oc4ccccc4Cl)c(C(F)(F)F)oc23)C1. The third-order valence-electron chi connectivity index (χ3n) is 5.53. The van der Waals surface area contributed by atoms with E-state index < -0.39 is 23.1 Å². The van der Waals surface area contributed by atoms with Crippen LogP contribution in [0.15, 0.2) is 45.6 Å². The fourth-order valence-electron chi connectivity index (χ4n) is 4.01. The van der Waals surface area contributed by atoms with Crippen LogP contribution in [-0.2, 0) is 12.7 Å². The first-order valence-electron chi connectivity index (χ1n) is 10.2. The first-order valence-corrected chi connectivity index (χ1v) is 10.6. The highest BCUT2D eigenvalue weighted by Gasteiger charge is 2.41. The number of hydrogen-bond donors (Lipinski definition) is 1. The van der Waals surface area contributed by atoms with Crippen molar-refractivity contribution in [1.29, 1.82) is 0 Å². The molecule has 32 heavy (non-hydrogen) atoms. The van der Waals surface area contributed by atoms with Crippen molar-refractivity contribution in [2.75, 3.05) is 13.1 Å². The molecule has 1 aliphatic heterocycles. The maximum Gasteiger partial charge on any atom is 0.453 e. The molecule has 1 aliphatic rings. The van der Waals surface area contributed by atoms with Gasteiger partial charge in [-0.15, -0.1) is 0 Å². The molecular weight excluding hydrogens is 447 g/mol. The van der Waals surface area contributed by atoms with Crippen LogP contribution in [0, 0.1) is 5.92 Å². The highest BCUT2D eigenvalue weighted by atomic mass is 35.5. The van der Waals surface area contributed by atoms with Gasteiger partial charge in [0.25, 0.3) is 5.76 Å². The summed E-state index contributed by atoms with van der Waals surface area (Å²) in [6, 6.07) is 8.41. The number of alkyl halides is 3. The molecule has 0 spiro atoms. The summed E-state index contributed by atoms with van der Waals surface area (Å²) in [5.41, 5.74) is -1.15. The van der Waals surface area contributed by atoms with Gasteiger partial charge in [-0.3, -0.25) is 9.69 Å². The zero-order valence-corrected chi connectivity index (χ0v) is 18.0. The number of ether oxygens (including phenoxy) is 1. The van der Waals surface area contributed by atoms with Crippen LogP contribution in [0.1, 0.15) is 31.1 Å². The number of rotatable bonds is 4. The summed E-state index contributed by atoms with van der Waals surface area (Å²) in [6.45, 7) is 3.73. The summed E-state index contributed by atoms with van der Waals surface area (Å²) in [7, 11) is 0. The van der Waals surface area contributed by atoms with Gasteiger partial charge in [0.2, 0.25) is 11.2 Å². The van der Waals surface area contributed by atoms with Crippen molar-refractivity contribution in [3.63, 3.8) is 0 Å². The minimum atomic E-state index is -5.01. The van der Waals surface area contributed by atoms with Gasteiger partial charge in [-0.1, -0.05) is 30.7 Å². The number of hydrogen-bond acceptors (Lipinski definition) is 5. The number of halogens is 4. The third-order valence-corrected chi connectivity index (χ3v) is 5.84. The number of likely N-dealkylation sites (tertiary alicyclic amines) is 1. The van der Waals surface area contributed by atoms with E-state index in [-0.39, 0.29) is 39.6 Å². The van der Waals surface area contributed by atoms with Crippen molar-refractivity contribution in [3.8, 4) is 17.2 Å². The first kappa shape index (κ1) is 22.5. The molecule has 3 aromatic rings. The highest BCUT2D eigenvalue weighted by molar-refractivity contribution is 6.32. The number of para-hydroxylation sites is 1. The summed E-state index contributed by atoms with van der Waals surface area (Å²) in [6.07, 6.45) is -3.00. The molecule has 0 amide bonds. The van der Waals surface area contributed by atoms with E-state index in [1.165, 1.54) is 30.3 Å². The quantitative estimate of drug-likeness (QED) is 0.495. The third kappa shape index (κ3) is 4.42. The summed E-state index contributed by atoms with van der Waals surface area (Å²) in [5.74, 6) is -2.48. The Morgan fingerprint density at radius 2 is 2.00 bits per heavy atom. The molecule has 0 bridgehead atoms. The molecule has 0 saturated carbocycles. The van der Waals surface area contributed by atoms with Crippen LogP contribution in [0.2, 0.25) is 5.02 Å². The second-order valence-corrected chi connectivity index (χ2v) is 8.45. The molecule has 4 rings (SSSR count). The van der Waals surface area contributed by atoms with Gasteiger partial charge in [0.05, 0.1) is 16.0 Å². The lowest BCUT2D eigenvalue weighted by atomic mass is 9.99. The van der Waals surface area contributed by atoms with E-state index in [1.54, 1.807) is 6.07 Å². The number of aromatic hydroxyl groups is 1. The lowest BCUT2D eigenvalue weighted by Crippen LogP contribution is -2.33. The van der Waals surface area contributed by atoms with Crippen molar-refractivity contribution in [2.24, 2.45) is 5.92 Å². The van der Waals surface area contributed by atoms with Crippen LogP contribution in [0.4, 0.5) is 13.2 Å². The minimum absolute atomic E-state index is 0.0470.